The van der Waals surface area contributed by atoms with Crippen molar-refractivity contribution in [1.29, 1.82) is 0 Å². The summed E-state index contributed by atoms with van der Waals surface area (Å²) in [5, 5.41) is 3.54. The number of hydrogen-bond donors (Lipinski definition) is 3. The Balaban J connectivity index is 1.63. The number of aromatic nitrogens is 1. The quantitative estimate of drug-likeness (QED) is 0.197. The van der Waals surface area contributed by atoms with E-state index in [0.717, 1.165) is 12.3 Å². The molecule has 0 aliphatic carbocycles. The molecule has 0 aliphatic heterocycles. The van der Waals surface area contributed by atoms with Crippen LogP contribution in [0.3, 0.4) is 0 Å². The fourth-order valence-corrected chi connectivity index (χ4v) is 5.21. The normalized spacial score (nSPS) is 12.3. The maximum Gasteiger partial charge on any atom is 0.573 e. The Hall–Kier alpha value is -3.71. The smallest absolute Gasteiger partial charge is 0.497 e. The van der Waals surface area contributed by atoms with Gasteiger partial charge in [-0.15, -0.1) is 13.2 Å². The topological polar surface area (TPSA) is 110 Å². The van der Waals surface area contributed by atoms with Crippen molar-refractivity contribution in [1.82, 2.24) is 4.98 Å². The van der Waals surface area contributed by atoms with Crippen molar-refractivity contribution in [2.75, 3.05) is 23.4 Å². The van der Waals surface area contributed by atoms with Crippen LogP contribution in [0.4, 0.5) is 24.5 Å². The second kappa shape index (κ2) is 10.7. The summed E-state index contributed by atoms with van der Waals surface area (Å²) in [4.78, 5) is 16.1. The van der Waals surface area contributed by atoms with Gasteiger partial charge in [-0.2, -0.15) is 0 Å². The van der Waals surface area contributed by atoms with Gasteiger partial charge in [-0.05, 0) is 59.7 Å². The van der Waals surface area contributed by atoms with Crippen LogP contribution in [0.15, 0.2) is 65.1 Å². The second-order valence-electron chi connectivity index (χ2n) is 9.61. The molecular weight excluding hydrogens is 615 g/mol. The number of rotatable bonds is 8. The van der Waals surface area contributed by atoms with Crippen molar-refractivity contribution in [2.24, 2.45) is 0 Å². The fraction of sp³-hybridized carbons (Fsp3) is 0.222. The first-order valence-corrected chi connectivity index (χ1v) is 14.4. The average Bonchev–Trinajstić information content (AvgIpc) is 3.25. The average molecular weight is 640 g/mol. The molecule has 13 heteroatoms. The van der Waals surface area contributed by atoms with E-state index in [1.807, 2.05) is 13.8 Å². The van der Waals surface area contributed by atoms with Crippen LogP contribution in [0, 0.1) is 0 Å². The summed E-state index contributed by atoms with van der Waals surface area (Å²) in [6.07, 6.45) is -3.82. The third kappa shape index (κ3) is 7.07. The van der Waals surface area contributed by atoms with Crippen LogP contribution in [0.5, 0.6) is 11.5 Å². The lowest BCUT2D eigenvalue weighted by molar-refractivity contribution is -0.274. The van der Waals surface area contributed by atoms with Crippen LogP contribution in [0.2, 0.25) is 0 Å². The number of alkyl halides is 3. The van der Waals surface area contributed by atoms with E-state index in [9.17, 15) is 26.4 Å². The highest BCUT2D eigenvalue weighted by Gasteiger charge is 2.33. The van der Waals surface area contributed by atoms with Gasteiger partial charge in [-0.1, -0.05) is 35.8 Å². The molecule has 0 bridgehead atoms. The number of halogens is 4. The fourth-order valence-electron chi connectivity index (χ4n) is 4.16. The molecule has 0 unspecified atom stereocenters. The Morgan fingerprint density at radius 2 is 1.60 bits per heavy atom. The number of amides is 1. The van der Waals surface area contributed by atoms with E-state index in [1.54, 1.807) is 48.5 Å². The first kappa shape index (κ1) is 29.3. The maximum atomic E-state index is 13.1. The largest absolute Gasteiger partial charge is 0.573 e. The number of H-pyrrole nitrogens is 1. The lowest BCUT2D eigenvalue weighted by Crippen LogP contribution is -2.21. The van der Waals surface area contributed by atoms with Crippen LogP contribution in [0.25, 0.3) is 10.9 Å². The minimum absolute atomic E-state index is 0.196. The summed E-state index contributed by atoms with van der Waals surface area (Å²) >= 11 is 3.45. The van der Waals surface area contributed by atoms with Crippen LogP contribution >= 0.6 is 15.9 Å². The molecule has 40 heavy (non-hydrogen) atoms. The summed E-state index contributed by atoms with van der Waals surface area (Å²) in [7, 11) is -2.11. The summed E-state index contributed by atoms with van der Waals surface area (Å²) in [5.74, 6) is -0.660. The molecule has 4 aromatic rings. The Kier molecular flexibility index (Phi) is 7.83. The molecule has 0 saturated carbocycles. The highest BCUT2D eigenvalue weighted by atomic mass is 79.9. The Morgan fingerprint density at radius 1 is 0.925 bits per heavy atom. The van der Waals surface area contributed by atoms with Gasteiger partial charge in [0.1, 0.15) is 17.2 Å². The summed E-state index contributed by atoms with van der Waals surface area (Å²) in [5.41, 5.74) is 1.95. The molecular formula is C27H25BrF3N3O5S. The second-order valence-corrected chi connectivity index (χ2v) is 12.3. The van der Waals surface area contributed by atoms with Crippen LogP contribution in [0.1, 0.15) is 35.5 Å². The van der Waals surface area contributed by atoms with Crippen molar-refractivity contribution in [2.45, 2.75) is 25.6 Å². The number of carbonyl (C=O) groups excluding carboxylic acids is 1. The predicted octanol–water partition coefficient (Wildman–Crippen LogP) is 6.79. The Labute approximate surface area is 237 Å². The first-order chi connectivity index (χ1) is 18.5. The van der Waals surface area contributed by atoms with E-state index in [1.165, 1.54) is 13.2 Å². The number of methoxy groups -OCH3 is 1. The minimum Gasteiger partial charge on any atom is -0.497 e. The third-order valence-electron chi connectivity index (χ3n) is 6.12. The number of nitrogens with one attached hydrogen (secondary N) is 3. The monoisotopic (exact) mass is 639 g/mol. The van der Waals surface area contributed by atoms with E-state index < -0.39 is 33.5 Å². The Bertz CT molecular complexity index is 1700. The number of carbonyl (C=O) groups is 1. The molecule has 3 N–H and O–H groups in total. The maximum absolute atomic E-state index is 13.1. The molecule has 8 nitrogen and oxygen atoms in total. The number of hydrogen-bond acceptors (Lipinski definition) is 5. The zero-order valence-electron chi connectivity index (χ0n) is 21.7. The molecule has 0 spiro atoms. The van der Waals surface area contributed by atoms with Crippen LogP contribution in [-0.2, 0) is 15.4 Å². The molecule has 0 atom stereocenters. The van der Waals surface area contributed by atoms with E-state index in [2.05, 4.69) is 35.7 Å². The molecule has 0 saturated heterocycles. The molecule has 0 radical (unpaired) electrons. The van der Waals surface area contributed by atoms with E-state index in [-0.39, 0.29) is 11.4 Å². The molecule has 212 valence electrons. The predicted molar refractivity (Wildman–Crippen MR) is 151 cm³/mol. The summed E-state index contributed by atoms with van der Waals surface area (Å²) in [6, 6.07) is 15.8. The zero-order chi connectivity index (χ0) is 29.5. The van der Waals surface area contributed by atoms with Gasteiger partial charge in [0.2, 0.25) is 10.0 Å². The van der Waals surface area contributed by atoms with Crippen LogP contribution in [-0.4, -0.2) is 39.0 Å². The number of ether oxygens (including phenoxy) is 2. The number of aromatic amines is 1. The van der Waals surface area contributed by atoms with Gasteiger partial charge >= 0.3 is 6.36 Å². The van der Waals surface area contributed by atoms with E-state index >= 15 is 0 Å². The van der Waals surface area contributed by atoms with Crippen molar-refractivity contribution in [3.63, 3.8) is 0 Å². The van der Waals surface area contributed by atoms with Crippen molar-refractivity contribution in [3.8, 4) is 11.5 Å². The molecule has 4 rings (SSSR count). The number of benzene rings is 3. The van der Waals surface area contributed by atoms with Gasteiger partial charge in [0.05, 0.1) is 19.1 Å². The highest BCUT2D eigenvalue weighted by Crippen LogP contribution is 2.39. The lowest BCUT2D eigenvalue weighted by Gasteiger charge is -2.28. The molecule has 1 amide bonds. The number of sulfonamides is 1. The highest BCUT2D eigenvalue weighted by molar-refractivity contribution is 9.10. The van der Waals surface area contributed by atoms with Crippen molar-refractivity contribution < 1.29 is 35.9 Å². The van der Waals surface area contributed by atoms with Gasteiger partial charge in [-0.3, -0.25) is 9.52 Å². The SMILES string of the molecule is COc1cc(OC(F)(F)F)cc(C(C)(C)c2cc(Br)cc(NC(=O)c3cc4ccc(NS(C)(=O)=O)cc4[nH]3)c2)c1. The molecule has 0 fully saturated rings. The summed E-state index contributed by atoms with van der Waals surface area (Å²) in [6.45, 7) is 3.65. The lowest BCUT2D eigenvalue weighted by atomic mass is 9.78. The Morgan fingerprint density at radius 3 is 2.25 bits per heavy atom. The summed E-state index contributed by atoms with van der Waals surface area (Å²) < 4.78 is 74.1. The van der Waals surface area contributed by atoms with Gasteiger partial charge in [0, 0.05) is 32.5 Å². The number of anilines is 2. The minimum atomic E-state index is -4.87. The third-order valence-corrected chi connectivity index (χ3v) is 7.18. The molecule has 3 aromatic carbocycles. The van der Waals surface area contributed by atoms with Crippen molar-refractivity contribution in [3.05, 3.63) is 82.0 Å². The molecule has 1 heterocycles. The van der Waals surface area contributed by atoms with E-state index in [0.29, 0.717) is 37.9 Å². The van der Waals surface area contributed by atoms with Gasteiger partial charge in [0.15, 0.2) is 0 Å². The van der Waals surface area contributed by atoms with Gasteiger partial charge in [-0.25, -0.2) is 8.42 Å². The number of fused-ring (bicyclic) bond motifs is 1. The standard InChI is InChI=1S/C27H25BrF3N3O5S/c1-26(2,17-10-21(38-3)14-22(11-17)39-27(29,30)31)16-8-18(28)12-20(9-16)32-25(35)24-7-15-5-6-19(13-23(15)33-24)34-40(4,36)37/h5-14,33-34H,1-4H3,(H,32,35). The first-order valence-electron chi connectivity index (χ1n) is 11.7. The molecule has 1 aromatic heterocycles. The van der Waals surface area contributed by atoms with Gasteiger partial charge in [0.25, 0.3) is 5.91 Å². The van der Waals surface area contributed by atoms with E-state index in [4.69, 9.17) is 4.74 Å². The molecule has 0 aliphatic rings. The van der Waals surface area contributed by atoms with Gasteiger partial charge < -0.3 is 19.8 Å². The van der Waals surface area contributed by atoms with Crippen LogP contribution < -0.4 is 19.5 Å². The van der Waals surface area contributed by atoms with Crippen molar-refractivity contribution >= 4 is 54.1 Å². The zero-order valence-corrected chi connectivity index (χ0v) is 24.1.